The number of hydrogen-bond donors (Lipinski definition) is 3. The van der Waals surface area contributed by atoms with E-state index in [2.05, 4.69) is 0 Å². The molecule has 0 fully saturated rings. The van der Waals surface area contributed by atoms with Crippen LogP contribution < -0.4 is 5.73 Å². The molecule has 0 heterocycles. The van der Waals surface area contributed by atoms with Crippen LogP contribution in [0.15, 0.2) is 24.3 Å². The molecule has 0 unspecified atom stereocenters. The highest BCUT2D eigenvalue weighted by Gasteiger charge is 2.07. The molecule has 0 spiro atoms. The summed E-state index contributed by atoms with van der Waals surface area (Å²) in [5.74, 6) is 0. The molecular weight excluding hydrogens is 153 g/mol. The first-order valence-corrected chi connectivity index (χ1v) is 3.89. The molecule has 0 atom stereocenters. The molecule has 0 aliphatic carbocycles. The molecule has 0 radical (unpaired) electrons. The molecule has 0 aromatic heterocycles. The molecule has 3 nitrogen and oxygen atoms in total. The van der Waals surface area contributed by atoms with Gasteiger partial charge in [0.05, 0.1) is 0 Å². The summed E-state index contributed by atoms with van der Waals surface area (Å²) < 4.78 is 0. The normalized spacial score (nSPS) is 9.83. The Labute approximate surface area is 72.0 Å². The fraction of sp³-hybridized carbons (Fsp3) is 0.250. The van der Waals surface area contributed by atoms with Gasteiger partial charge in [0.2, 0.25) is 0 Å². The van der Waals surface area contributed by atoms with Crippen LogP contribution >= 0.6 is 0 Å². The number of anilines is 1. The van der Waals surface area contributed by atoms with Crippen molar-refractivity contribution < 1.29 is 10.0 Å². The fourth-order valence-corrected chi connectivity index (χ4v) is 1.05. The maximum Gasteiger partial charge on any atom is 0.451 e. The van der Waals surface area contributed by atoms with Crippen molar-refractivity contribution >= 4 is 12.8 Å². The SMILES string of the molecule is Nc1ccccc1CCB(O)O. The van der Waals surface area contributed by atoms with Crippen LogP contribution in [0.5, 0.6) is 0 Å². The minimum absolute atomic E-state index is 0.328. The van der Waals surface area contributed by atoms with Crippen LogP contribution in [-0.2, 0) is 6.42 Å². The van der Waals surface area contributed by atoms with Crippen molar-refractivity contribution in [2.45, 2.75) is 12.7 Å². The number of aryl methyl sites for hydroxylation is 1. The van der Waals surface area contributed by atoms with Gasteiger partial charge in [0.1, 0.15) is 0 Å². The summed E-state index contributed by atoms with van der Waals surface area (Å²) in [7, 11) is -1.25. The van der Waals surface area contributed by atoms with E-state index in [9.17, 15) is 0 Å². The van der Waals surface area contributed by atoms with E-state index in [0.717, 1.165) is 5.56 Å². The van der Waals surface area contributed by atoms with E-state index in [1.807, 2.05) is 18.2 Å². The predicted octanol–water partition coefficient (Wildman–Crippen LogP) is 0.284. The predicted molar refractivity (Wildman–Crippen MR) is 49.6 cm³/mol. The molecule has 0 saturated heterocycles. The third-order valence-electron chi connectivity index (χ3n) is 1.73. The van der Waals surface area contributed by atoms with E-state index >= 15 is 0 Å². The van der Waals surface area contributed by atoms with E-state index in [1.54, 1.807) is 6.07 Å². The first-order valence-electron chi connectivity index (χ1n) is 3.89. The highest BCUT2D eigenvalue weighted by atomic mass is 16.4. The quantitative estimate of drug-likeness (QED) is 0.445. The number of nitrogens with two attached hydrogens (primary N) is 1. The van der Waals surface area contributed by atoms with E-state index in [0.29, 0.717) is 18.4 Å². The van der Waals surface area contributed by atoms with Gasteiger partial charge in [-0.25, -0.2) is 0 Å². The van der Waals surface area contributed by atoms with Gasteiger partial charge < -0.3 is 15.8 Å². The average molecular weight is 165 g/mol. The van der Waals surface area contributed by atoms with Gasteiger partial charge in [0, 0.05) is 5.69 Å². The summed E-state index contributed by atoms with van der Waals surface area (Å²) in [6.07, 6.45) is 0.929. The molecule has 0 saturated carbocycles. The monoisotopic (exact) mass is 165 g/mol. The Bertz CT molecular complexity index is 253. The minimum atomic E-state index is -1.25. The van der Waals surface area contributed by atoms with Crippen molar-refractivity contribution in [1.82, 2.24) is 0 Å². The van der Waals surface area contributed by atoms with Crippen molar-refractivity contribution in [2.24, 2.45) is 0 Å². The lowest BCUT2D eigenvalue weighted by molar-refractivity contribution is 0.405. The maximum atomic E-state index is 8.62. The second-order valence-electron chi connectivity index (χ2n) is 2.72. The molecule has 1 aromatic carbocycles. The highest BCUT2D eigenvalue weighted by Crippen LogP contribution is 2.12. The van der Waals surface area contributed by atoms with Gasteiger partial charge in [-0.15, -0.1) is 0 Å². The Morgan fingerprint density at radius 2 is 1.92 bits per heavy atom. The van der Waals surface area contributed by atoms with Gasteiger partial charge >= 0.3 is 7.12 Å². The van der Waals surface area contributed by atoms with Crippen LogP contribution in [0.2, 0.25) is 6.32 Å². The average Bonchev–Trinajstić information content (AvgIpc) is 2.03. The summed E-state index contributed by atoms with van der Waals surface area (Å²) in [6.45, 7) is 0. The van der Waals surface area contributed by atoms with E-state index in [-0.39, 0.29) is 0 Å². The molecule has 1 aromatic rings. The molecule has 0 aliphatic rings. The Balaban J connectivity index is 2.57. The summed E-state index contributed by atoms with van der Waals surface area (Å²) in [5.41, 5.74) is 7.31. The van der Waals surface area contributed by atoms with Crippen molar-refractivity contribution in [3.8, 4) is 0 Å². The lowest BCUT2D eigenvalue weighted by Crippen LogP contribution is -2.11. The lowest BCUT2D eigenvalue weighted by atomic mass is 9.82. The van der Waals surface area contributed by atoms with Crippen LogP contribution in [0.3, 0.4) is 0 Å². The lowest BCUT2D eigenvalue weighted by Gasteiger charge is -2.03. The Hall–Kier alpha value is -0.995. The third-order valence-corrected chi connectivity index (χ3v) is 1.73. The highest BCUT2D eigenvalue weighted by molar-refractivity contribution is 6.41. The Kier molecular flexibility index (Phi) is 3.14. The minimum Gasteiger partial charge on any atom is -0.427 e. The number of rotatable bonds is 3. The number of para-hydroxylation sites is 1. The van der Waals surface area contributed by atoms with Gasteiger partial charge in [-0.2, -0.15) is 0 Å². The molecule has 12 heavy (non-hydrogen) atoms. The molecule has 0 aliphatic heterocycles. The second kappa shape index (κ2) is 4.14. The molecule has 0 bridgehead atoms. The molecule has 1 rings (SSSR count). The van der Waals surface area contributed by atoms with Crippen molar-refractivity contribution in [1.29, 1.82) is 0 Å². The zero-order valence-corrected chi connectivity index (χ0v) is 6.77. The van der Waals surface area contributed by atoms with Crippen molar-refractivity contribution in [2.75, 3.05) is 5.73 Å². The Morgan fingerprint density at radius 1 is 1.25 bits per heavy atom. The van der Waals surface area contributed by atoms with E-state index in [1.165, 1.54) is 0 Å². The zero-order chi connectivity index (χ0) is 8.97. The van der Waals surface area contributed by atoms with Gasteiger partial charge in [-0.1, -0.05) is 18.2 Å². The van der Waals surface area contributed by atoms with Gasteiger partial charge in [0.15, 0.2) is 0 Å². The van der Waals surface area contributed by atoms with E-state index < -0.39 is 7.12 Å². The Morgan fingerprint density at radius 3 is 2.50 bits per heavy atom. The summed E-state index contributed by atoms with van der Waals surface area (Å²) in [5, 5.41) is 17.2. The molecular formula is C8H12BNO2. The van der Waals surface area contributed by atoms with Gasteiger partial charge in [-0.3, -0.25) is 0 Å². The van der Waals surface area contributed by atoms with Gasteiger partial charge in [0.25, 0.3) is 0 Å². The smallest absolute Gasteiger partial charge is 0.427 e. The molecule has 64 valence electrons. The van der Waals surface area contributed by atoms with Gasteiger partial charge in [-0.05, 0) is 24.4 Å². The number of nitrogen functional groups attached to an aromatic ring is 1. The standard InChI is InChI=1S/C8H12BNO2/c10-8-4-2-1-3-7(8)5-6-9(11)12/h1-4,11-12H,5-6,10H2. The number of benzene rings is 1. The largest absolute Gasteiger partial charge is 0.451 e. The maximum absolute atomic E-state index is 8.62. The van der Waals surface area contributed by atoms with Crippen LogP contribution in [0.4, 0.5) is 5.69 Å². The van der Waals surface area contributed by atoms with Crippen LogP contribution in [-0.4, -0.2) is 17.2 Å². The zero-order valence-electron chi connectivity index (χ0n) is 6.77. The topological polar surface area (TPSA) is 66.5 Å². The first-order chi connectivity index (χ1) is 5.70. The second-order valence-corrected chi connectivity index (χ2v) is 2.72. The van der Waals surface area contributed by atoms with Crippen LogP contribution in [0.25, 0.3) is 0 Å². The summed E-state index contributed by atoms with van der Waals surface area (Å²) in [6, 6.07) is 7.43. The fourth-order valence-electron chi connectivity index (χ4n) is 1.05. The summed E-state index contributed by atoms with van der Waals surface area (Å²) >= 11 is 0. The number of hydrogen-bond acceptors (Lipinski definition) is 3. The summed E-state index contributed by atoms with van der Waals surface area (Å²) in [4.78, 5) is 0. The molecule has 4 heteroatoms. The third kappa shape index (κ3) is 2.56. The molecule has 0 amide bonds. The van der Waals surface area contributed by atoms with E-state index in [4.69, 9.17) is 15.8 Å². The molecule has 4 N–H and O–H groups in total. The van der Waals surface area contributed by atoms with Crippen molar-refractivity contribution in [3.05, 3.63) is 29.8 Å². The first kappa shape index (κ1) is 9.10. The van der Waals surface area contributed by atoms with Crippen molar-refractivity contribution in [3.63, 3.8) is 0 Å². The van der Waals surface area contributed by atoms with Crippen LogP contribution in [0.1, 0.15) is 5.56 Å². The van der Waals surface area contributed by atoms with Crippen LogP contribution in [0, 0.1) is 0 Å².